The molecule has 0 heterocycles. The molecule has 1 rings (SSSR count). The molecule has 0 saturated heterocycles. The zero-order valence-electron chi connectivity index (χ0n) is 18.3. The maximum Gasteiger partial charge on any atom is 0.339 e. The Morgan fingerprint density at radius 2 is 0.900 bits per heavy atom. The van der Waals surface area contributed by atoms with Crippen LogP contribution in [0, 0.1) is 17.8 Å². The van der Waals surface area contributed by atoms with Crippen LogP contribution in [0.4, 0.5) is 0 Å². The van der Waals surface area contributed by atoms with Crippen LogP contribution < -0.4 is 0 Å². The fourth-order valence-corrected chi connectivity index (χ4v) is 2.24. The number of hydrogen-bond acceptors (Lipinski definition) is 7. The number of carboxylic acids is 1. The molecular formula is C22H30O8. The summed E-state index contributed by atoms with van der Waals surface area (Å²) in [5, 5.41) is 9.55. The lowest BCUT2D eigenvalue weighted by Gasteiger charge is -2.15. The molecule has 166 valence electrons. The van der Waals surface area contributed by atoms with E-state index in [0.717, 1.165) is 12.1 Å². The highest BCUT2D eigenvalue weighted by Gasteiger charge is 2.28. The van der Waals surface area contributed by atoms with Crippen LogP contribution in [0.3, 0.4) is 0 Å². The van der Waals surface area contributed by atoms with E-state index in [1.54, 1.807) is 0 Å². The summed E-state index contributed by atoms with van der Waals surface area (Å²) < 4.78 is 15.5. The van der Waals surface area contributed by atoms with Crippen molar-refractivity contribution < 1.29 is 38.5 Å². The SMILES string of the molecule is CC(C)COC(=O)c1cc(C(=O)OCC(C)C)c(C(=O)OCC(C)C)cc1C(=O)O. The number of esters is 3. The van der Waals surface area contributed by atoms with Crippen molar-refractivity contribution in [2.24, 2.45) is 17.8 Å². The van der Waals surface area contributed by atoms with Crippen LogP contribution in [0.5, 0.6) is 0 Å². The number of carboxylic acid groups (broad SMARTS) is 1. The van der Waals surface area contributed by atoms with Crippen LogP contribution in [0.1, 0.15) is 83.0 Å². The summed E-state index contributed by atoms with van der Waals surface area (Å²) in [6.07, 6.45) is 0. The lowest BCUT2D eigenvalue weighted by atomic mass is 9.98. The summed E-state index contributed by atoms with van der Waals surface area (Å²) in [7, 11) is 0. The first-order valence-electron chi connectivity index (χ1n) is 9.86. The van der Waals surface area contributed by atoms with Gasteiger partial charge in [0.2, 0.25) is 0 Å². The van der Waals surface area contributed by atoms with Crippen LogP contribution in [-0.2, 0) is 14.2 Å². The van der Waals surface area contributed by atoms with E-state index in [9.17, 15) is 24.3 Å². The van der Waals surface area contributed by atoms with E-state index in [2.05, 4.69) is 0 Å². The van der Waals surface area contributed by atoms with Crippen molar-refractivity contribution >= 4 is 23.9 Å². The van der Waals surface area contributed by atoms with E-state index >= 15 is 0 Å². The topological polar surface area (TPSA) is 116 Å². The molecule has 0 aliphatic carbocycles. The Hall–Kier alpha value is -2.90. The number of hydrogen-bond donors (Lipinski definition) is 1. The first-order valence-corrected chi connectivity index (χ1v) is 9.86. The average molecular weight is 422 g/mol. The number of benzene rings is 1. The zero-order valence-corrected chi connectivity index (χ0v) is 18.3. The quantitative estimate of drug-likeness (QED) is 0.447. The lowest BCUT2D eigenvalue weighted by molar-refractivity contribution is 0.0408. The Kier molecular flexibility index (Phi) is 9.49. The molecule has 0 fully saturated rings. The summed E-state index contributed by atoms with van der Waals surface area (Å²) in [5.41, 5.74) is -1.31. The molecule has 1 aromatic carbocycles. The minimum absolute atomic E-state index is 0.0305. The van der Waals surface area contributed by atoms with Crippen molar-refractivity contribution in [1.82, 2.24) is 0 Å². The Labute approximate surface area is 176 Å². The van der Waals surface area contributed by atoms with Gasteiger partial charge in [0.25, 0.3) is 0 Å². The van der Waals surface area contributed by atoms with Gasteiger partial charge in [-0.3, -0.25) is 0 Å². The van der Waals surface area contributed by atoms with Gasteiger partial charge in [0, 0.05) is 0 Å². The van der Waals surface area contributed by atoms with Crippen molar-refractivity contribution in [3.8, 4) is 0 Å². The molecule has 0 atom stereocenters. The van der Waals surface area contributed by atoms with Crippen LogP contribution in [0.15, 0.2) is 12.1 Å². The zero-order chi connectivity index (χ0) is 23.0. The van der Waals surface area contributed by atoms with Gasteiger partial charge in [0.05, 0.1) is 42.1 Å². The standard InChI is InChI=1S/C22H30O8/c1-12(2)9-28-20(25)16-8-18(22(27)30-11-14(5)6)17(7-15(16)19(23)24)21(26)29-10-13(3)4/h7-8,12-14H,9-11H2,1-6H3,(H,23,24). The van der Waals surface area contributed by atoms with Crippen molar-refractivity contribution in [2.45, 2.75) is 41.5 Å². The molecule has 30 heavy (non-hydrogen) atoms. The van der Waals surface area contributed by atoms with Gasteiger partial charge in [-0.25, -0.2) is 19.2 Å². The second-order valence-electron chi connectivity index (χ2n) is 8.23. The summed E-state index contributed by atoms with van der Waals surface area (Å²) in [4.78, 5) is 49.3. The number of rotatable bonds is 10. The maximum atomic E-state index is 12.6. The fraction of sp³-hybridized carbons (Fsp3) is 0.545. The van der Waals surface area contributed by atoms with Gasteiger partial charge < -0.3 is 19.3 Å². The van der Waals surface area contributed by atoms with Crippen molar-refractivity contribution in [1.29, 1.82) is 0 Å². The molecular weight excluding hydrogens is 392 g/mol. The third-order valence-corrected chi connectivity index (χ3v) is 3.69. The van der Waals surface area contributed by atoms with Crippen molar-refractivity contribution in [2.75, 3.05) is 19.8 Å². The number of carbonyl (C=O) groups excluding carboxylic acids is 3. The number of ether oxygens (including phenoxy) is 3. The van der Waals surface area contributed by atoms with E-state index in [1.165, 1.54) is 0 Å². The minimum Gasteiger partial charge on any atom is -0.478 e. The van der Waals surface area contributed by atoms with E-state index in [4.69, 9.17) is 14.2 Å². The minimum atomic E-state index is -1.44. The van der Waals surface area contributed by atoms with Gasteiger partial charge in [-0.1, -0.05) is 41.5 Å². The molecule has 0 aromatic heterocycles. The molecule has 0 amide bonds. The molecule has 0 aliphatic rings. The molecule has 0 spiro atoms. The monoisotopic (exact) mass is 422 g/mol. The summed E-state index contributed by atoms with van der Waals surface area (Å²) in [6.45, 7) is 11.3. The van der Waals surface area contributed by atoms with Gasteiger partial charge in [0.1, 0.15) is 0 Å². The largest absolute Gasteiger partial charge is 0.478 e. The Morgan fingerprint density at radius 1 is 0.633 bits per heavy atom. The van der Waals surface area contributed by atoms with Gasteiger partial charge in [0.15, 0.2) is 0 Å². The molecule has 8 heteroatoms. The summed E-state index contributed by atoms with van der Waals surface area (Å²) >= 11 is 0. The summed E-state index contributed by atoms with van der Waals surface area (Å²) in [5.74, 6) is -3.95. The third-order valence-electron chi connectivity index (χ3n) is 3.69. The van der Waals surface area contributed by atoms with Gasteiger partial charge in [-0.05, 0) is 29.9 Å². The second kappa shape index (κ2) is 11.3. The third kappa shape index (κ3) is 7.50. The van der Waals surface area contributed by atoms with Crippen molar-refractivity contribution in [3.63, 3.8) is 0 Å². The Morgan fingerprint density at radius 3 is 1.17 bits per heavy atom. The molecule has 0 radical (unpaired) electrons. The Balaban J connectivity index is 3.47. The number of aromatic carboxylic acids is 1. The lowest BCUT2D eigenvalue weighted by Crippen LogP contribution is -2.21. The normalized spacial score (nSPS) is 11.0. The van der Waals surface area contributed by atoms with Crippen LogP contribution in [0.2, 0.25) is 0 Å². The first-order chi connectivity index (χ1) is 13.9. The molecule has 0 unspecified atom stereocenters. The van der Waals surface area contributed by atoms with E-state index < -0.39 is 29.4 Å². The van der Waals surface area contributed by atoms with Gasteiger partial charge in [-0.2, -0.15) is 0 Å². The van der Waals surface area contributed by atoms with E-state index in [-0.39, 0.29) is 54.3 Å². The predicted octanol–water partition coefficient (Wildman–Crippen LogP) is 3.82. The van der Waals surface area contributed by atoms with Crippen LogP contribution in [0.25, 0.3) is 0 Å². The van der Waals surface area contributed by atoms with Gasteiger partial charge >= 0.3 is 23.9 Å². The fourth-order valence-electron chi connectivity index (χ4n) is 2.24. The van der Waals surface area contributed by atoms with Gasteiger partial charge in [-0.15, -0.1) is 0 Å². The first kappa shape index (κ1) is 25.1. The molecule has 0 bridgehead atoms. The number of carbonyl (C=O) groups is 4. The van der Waals surface area contributed by atoms with E-state index in [1.807, 2.05) is 41.5 Å². The predicted molar refractivity (Wildman–Crippen MR) is 109 cm³/mol. The summed E-state index contributed by atoms with van der Waals surface area (Å²) in [6, 6.07) is 1.99. The molecule has 1 N–H and O–H groups in total. The molecule has 0 aliphatic heterocycles. The van der Waals surface area contributed by atoms with Crippen molar-refractivity contribution in [3.05, 3.63) is 34.4 Å². The molecule has 1 aromatic rings. The van der Waals surface area contributed by atoms with Crippen LogP contribution in [-0.4, -0.2) is 48.8 Å². The highest BCUT2D eigenvalue weighted by atomic mass is 16.5. The van der Waals surface area contributed by atoms with E-state index in [0.29, 0.717) is 0 Å². The molecule has 8 nitrogen and oxygen atoms in total. The average Bonchev–Trinajstić information content (AvgIpc) is 2.66. The smallest absolute Gasteiger partial charge is 0.339 e. The molecule has 0 saturated carbocycles. The highest BCUT2D eigenvalue weighted by Crippen LogP contribution is 2.22. The Bertz CT molecular complexity index is 793. The second-order valence-corrected chi connectivity index (χ2v) is 8.23. The van der Waals surface area contributed by atoms with Crippen LogP contribution >= 0.6 is 0 Å². The highest BCUT2D eigenvalue weighted by molar-refractivity contribution is 6.10. The maximum absolute atomic E-state index is 12.6.